The van der Waals surface area contributed by atoms with Crippen LogP contribution in [0, 0.1) is 0 Å². The summed E-state index contributed by atoms with van der Waals surface area (Å²) in [7, 11) is -3.71. The van der Waals surface area contributed by atoms with E-state index in [1.165, 1.54) is 17.3 Å². The van der Waals surface area contributed by atoms with Crippen LogP contribution in [0.3, 0.4) is 0 Å². The van der Waals surface area contributed by atoms with Crippen LogP contribution in [0.1, 0.15) is 15.9 Å². The molecule has 0 aliphatic carbocycles. The molecule has 1 amide bonds. The molecule has 0 bridgehead atoms. The molecule has 34 heavy (non-hydrogen) atoms. The fourth-order valence-electron chi connectivity index (χ4n) is 3.84. The van der Waals surface area contributed by atoms with Gasteiger partial charge in [0, 0.05) is 24.0 Å². The second kappa shape index (κ2) is 8.23. The van der Waals surface area contributed by atoms with Gasteiger partial charge in [0.2, 0.25) is 0 Å². The third kappa shape index (κ3) is 3.95. The predicted octanol–water partition coefficient (Wildman–Crippen LogP) is 3.11. The van der Waals surface area contributed by atoms with Crippen LogP contribution >= 0.6 is 0 Å². The summed E-state index contributed by atoms with van der Waals surface area (Å²) in [5.41, 5.74) is 8.40. The standard InChI is InChI=1S/C24H20N6O3S/c1-34(32,33)23-21(6-4-11-26-23)29(24(31)18-14-27-30-12-3-2-5-20(18)30)15-16-7-8-17-9-10-22(25)28-19(17)13-16/h2-14H,15H2,1H3,(H2,25,28). The first-order chi connectivity index (χ1) is 16.3. The number of hydrogen-bond acceptors (Lipinski definition) is 7. The number of sulfone groups is 1. The molecule has 0 saturated carbocycles. The second-order valence-corrected chi connectivity index (χ2v) is 9.77. The van der Waals surface area contributed by atoms with Crippen LogP contribution in [0.5, 0.6) is 0 Å². The summed E-state index contributed by atoms with van der Waals surface area (Å²) in [6.45, 7) is 0.0869. The lowest BCUT2D eigenvalue weighted by Crippen LogP contribution is -2.32. The zero-order chi connectivity index (χ0) is 23.9. The number of aromatic nitrogens is 4. The third-order valence-electron chi connectivity index (χ3n) is 5.41. The van der Waals surface area contributed by atoms with Crippen molar-refractivity contribution in [2.45, 2.75) is 11.6 Å². The second-order valence-electron chi connectivity index (χ2n) is 7.84. The van der Waals surface area contributed by atoms with Gasteiger partial charge in [0.15, 0.2) is 14.9 Å². The maximum Gasteiger partial charge on any atom is 0.262 e. The van der Waals surface area contributed by atoms with Crippen LogP contribution in [-0.2, 0) is 16.4 Å². The lowest BCUT2D eigenvalue weighted by atomic mass is 10.1. The van der Waals surface area contributed by atoms with E-state index >= 15 is 0 Å². The van der Waals surface area contributed by atoms with Crippen molar-refractivity contribution in [3.63, 3.8) is 0 Å². The van der Waals surface area contributed by atoms with Gasteiger partial charge in [-0.05, 0) is 48.0 Å². The van der Waals surface area contributed by atoms with Crippen LogP contribution in [0.2, 0.25) is 0 Å². The molecule has 5 aromatic rings. The summed E-state index contributed by atoms with van der Waals surface area (Å²) in [5, 5.41) is 4.98. The lowest BCUT2D eigenvalue weighted by molar-refractivity contribution is 0.0986. The number of nitrogens with zero attached hydrogens (tertiary/aromatic N) is 5. The van der Waals surface area contributed by atoms with E-state index < -0.39 is 15.7 Å². The summed E-state index contributed by atoms with van der Waals surface area (Å²) in [4.78, 5) is 23.7. The van der Waals surface area contributed by atoms with Gasteiger partial charge in [0.05, 0.1) is 35.0 Å². The van der Waals surface area contributed by atoms with Gasteiger partial charge in [-0.2, -0.15) is 5.10 Å². The fourth-order valence-corrected chi connectivity index (χ4v) is 4.65. The van der Waals surface area contributed by atoms with E-state index in [1.54, 1.807) is 35.0 Å². The van der Waals surface area contributed by atoms with Gasteiger partial charge in [-0.15, -0.1) is 0 Å². The smallest absolute Gasteiger partial charge is 0.262 e. The molecule has 0 saturated heterocycles. The van der Waals surface area contributed by atoms with Gasteiger partial charge >= 0.3 is 0 Å². The summed E-state index contributed by atoms with van der Waals surface area (Å²) in [5.74, 6) is -0.0182. The third-order valence-corrected chi connectivity index (χ3v) is 6.43. The minimum atomic E-state index is -3.71. The average molecular weight is 473 g/mol. The first kappa shape index (κ1) is 21.5. The predicted molar refractivity (Wildman–Crippen MR) is 129 cm³/mol. The van der Waals surface area contributed by atoms with Gasteiger partial charge in [-0.25, -0.2) is 22.9 Å². The molecule has 4 aromatic heterocycles. The van der Waals surface area contributed by atoms with E-state index in [9.17, 15) is 13.2 Å². The molecule has 0 unspecified atom stereocenters. The van der Waals surface area contributed by atoms with Gasteiger partial charge in [-0.3, -0.25) is 4.79 Å². The Hall–Kier alpha value is -4.31. The maximum absolute atomic E-state index is 13.8. The number of nitrogens with two attached hydrogens (primary N) is 1. The van der Waals surface area contributed by atoms with Crippen LogP contribution in [0.15, 0.2) is 84.3 Å². The van der Waals surface area contributed by atoms with E-state index in [1.807, 2.05) is 36.4 Å². The quantitative estimate of drug-likeness (QED) is 0.417. The summed E-state index contributed by atoms with van der Waals surface area (Å²) in [6, 6.07) is 17.7. The van der Waals surface area contributed by atoms with Crippen LogP contribution in [-0.4, -0.2) is 40.2 Å². The Labute approximate surface area is 195 Å². The summed E-state index contributed by atoms with van der Waals surface area (Å²) in [6.07, 6.45) is 5.67. The molecule has 2 N–H and O–H groups in total. The number of anilines is 2. The van der Waals surface area contributed by atoms with Gasteiger partial charge < -0.3 is 10.6 Å². The van der Waals surface area contributed by atoms with E-state index in [4.69, 9.17) is 5.73 Å². The van der Waals surface area contributed by atoms with Gasteiger partial charge in [0.1, 0.15) is 5.82 Å². The number of amides is 1. The highest BCUT2D eigenvalue weighted by Gasteiger charge is 2.27. The number of carbonyl (C=O) groups is 1. The number of hydrogen-bond donors (Lipinski definition) is 1. The van der Waals surface area contributed by atoms with Crippen molar-refractivity contribution < 1.29 is 13.2 Å². The zero-order valence-electron chi connectivity index (χ0n) is 18.2. The van der Waals surface area contributed by atoms with Gasteiger partial charge in [0.25, 0.3) is 5.91 Å². The van der Waals surface area contributed by atoms with Crippen molar-refractivity contribution in [1.82, 2.24) is 19.6 Å². The van der Waals surface area contributed by atoms with Crippen molar-refractivity contribution in [2.75, 3.05) is 16.9 Å². The first-order valence-corrected chi connectivity index (χ1v) is 12.2. The normalized spacial score (nSPS) is 11.7. The Morgan fingerprint density at radius 2 is 1.91 bits per heavy atom. The molecule has 0 atom stereocenters. The van der Waals surface area contributed by atoms with Crippen molar-refractivity contribution in [2.24, 2.45) is 0 Å². The Balaban J connectivity index is 1.66. The Bertz CT molecular complexity index is 1660. The molecule has 0 spiro atoms. The van der Waals surface area contributed by atoms with Crippen molar-refractivity contribution in [3.8, 4) is 0 Å². The number of pyridine rings is 3. The Kier molecular flexibility index (Phi) is 5.21. The molecule has 170 valence electrons. The number of rotatable bonds is 5. The highest BCUT2D eigenvalue weighted by molar-refractivity contribution is 7.90. The average Bonchev–Trinajstić information content (AvgIpc) is 3.25. The molecule has 0 aliphatic heterocycles. The molecular weight excluding hydrogens is 452 g/mol. The molecule has 0 aliphatic rings. The van der Waals surface area contributed by atoms with E-state index in [0.29, 0.717) is 22.4 Å². The minimum Gasteiger partial charge on any atom is -0.384 e. The zero-order valence-corrected chi connectivity index (χ0v) is 19.0. The Morgan fingerprint density at radius 3 is 2.74 bits per heavy atom. The van der Waals surface area contributed by atoms with E-state index in [2.05, 4.69) is 15.1 Å². The summed E-state index contributed by atoms with van der Waals surface area (Å²) >= 11 is 0. The monoisotopic (exact) mass is 472 g/mol. The molecule has 9 nitrogen and oxygen atoms in total. The molecule has 0 fully saturated rings. The SMILES string of the molecule is CS(=O)(=O)c1ncccc1N(Cc1ccc2ccc(N)nc2c1)C(=O)c1cnn2ccccc12. The molecule has 4 heterocycles. The number of fused-ring (bicyclic) bond motifs is 2. The van der Waals surface area contributed by atoms with Crippen molar-refractivity contribution >= 4 is 43.7 Å². The van der Waals surface area contributed by atoms with E-state index in [-0.39, 0.29) is 17.3 Å². The fraction of sp³-hybridized carbons (Fsp3) is 0.0833. The van der Waals surface area contributed by atoms with Gasteiger partial charge in [-0.1, -0.05) is 18.2 Å². The number of nitrogen functional groups attached to an aromatic ring is 1. The highest BCUT2D eigenvalue weighted by atomic mass is 32.2. The van der Waals surface area contributed by atoms with Crippen LogP contribution in [0.25, 0.3) is 16.4 Å². The lowest BCUT2D eigenvalue weighted by Gasteiger charge is -2.24. The topological polar surface area (TPSA) is 124 Å². The summed E-state index contributed by atoms with van der Waals surface area (Å²) < 4.78 is 26.6. The molecule has 1 aromatic carbocycles. The van der Waals surface area contributed by atoms with Crippen LogP contribution < -0.4 is 10.6 Å². The maximum atomic E-state index is 13.8. The first-order valence-electron chi connectivity index (χ1n) is 10.4. The highest BCUT2D eigenvalue weighted by Crippen LogP contribution is 2.28. The van der Waals surface area contributed by atoms with E-state index in [0.717, 1.165) is 17.2 Å². The number of benzene rings is 1. The van der Waals surface area contributed by atoms with Crippen LogP contribution in [0.4, 0.5) is 11.5 Å². The molecule has 5 rings (SSSR count). The molecular formula is C24H20N6O3S. The molecule has 0 radical (unpaired) electrons. The molecule has 10 heteroatoms. The Morgan fingerprint density at radius 1 is 1.09 bits per heavy atom. The van der Waals surface area contributed by atoms with Crippen molar-refractivity contribution in [3.05, 3.63) is 90.4 Å². The van der Waals surface area contributed by atoms with Crippen molar-refractivity contribution in [1.29, 1.82) is 0 Å². The number of carbonyl (C=O) groups excluding carboxylic acids is 1. The minimum absolute atomic E-state index is 0.0869. The largest absolute Gasteiger partial charge is 0.384 e.